The molecular formula is C17H29N3O3S. The second-order valence-corrected chi connectivity index (χ2v) is 7.68. The van der Waals surface area contributed by atoms with Crippen LogP contribution in [-0.4, -0.2) is 46.6 Å². The van der Waals surface area contributed by atoms with Gasteiger partial charge in [-0.15, -0.1) is 0 Å². The van der Waals surface area contributed by atoms with Gasteiger partial charge in [0.2, 0.25) is 0 Å². The molecule has 0 radical (unpaired) electrons. The molecule has 1 heterocycles. The van der Waals surface area contributed by atoms with Crippen LogP contribution in [0.1, 0.15) is 44.2 Å². The fourth-order valence-electron chi connectivity index (χ4n) is 3.08. The summed E-state index contributed by atoms with van der Waals surface area (Å²) in [6.45, 7) is 4.67. The van der Waals surface area contributed by atoms with E-state index in [9.17, 15) is 8.42 Å². The van der Waals surface area contributed by atoms with Gasteiger partial charge in [0.15, 0.2) is 0 Å². The zero-order chi connectivity index (χ0) is 17.4. The Bertz CT molecular complexity index is 601. The molecule has 0 aromatic heterocycles. The SMILES string of the molecule is CCCNS(=O)(=O)NCC(c1ccccc1OC)N1CCCCC1. The van der Waals surface area contributed by atoms with Gasteiger partial charge in [-0.3, -0.25) is 4.90 Å². The van der Waals surface area contributed by atoms with Crippen LogP contribution in [0.4, 0.5) is 0 Å². The summed E-state index contributed by atoms with van der Waals surface area (Å²) in [4.78, 5) is 2.35. The Morgan fingerprint density at radius 1 is 1.17 bits per heavy atom. The predicted molar refractivity (Wildman–Crippen MR) is 96.4 cm³/mol. The van der Waals surface area contributed by atoms with Gasteiger partial charge in [-0.25, -0.2) is 9.44 Å². The summed E-state index contributed by atoms with van der Waals surface area (Å²) >= 11 is 0. The molecule has 0 spiro atoms. The Kier molecular flexibility index (Phi) is 7.48. The minimum absolute atomic E-state index is 0.0281. The van der Waals surface area contributed by atoms with Crippen LogP contribution in [0.3, 0.4) is 0 Å². The second-order valence-electron chi connectivity index (χ2n) is 6.10. The number of rotatable bonds is 9. The summed E-state index contributed by atoms with van der Waals surface area (Å²) in [5, 5.41) is 0. The normalized spacial score (nSPS) is 17.6. The fraction of sp³-hybridized carbons (Fsp3) is 0.647. The van der Waals surface area contributed by atoms with Crippen LogP contribution in [0, 0.1) is 0 Å². The van der Waals surface area contributed by atoms with E-state index in [2.05, 4.69) is 14.3 Å². The summed E-state index contributed by atoms with van der Waals surface area (Å²) in [6.07, 6.45) is 4.29. The Labute approximate surface area is 145 Å². The quantitative estimate of drug-likeness (QED) is 0.711. The molecule has 136 valence electrons. The van der Waals surface area contributed by atoms with Crippen LogP contribution >= 0.6 is 0 Å². The molecule has 0 amide bonds. The van der Waals surface area contributed by atoms with Crippen LogP contribution in [-0.2, 0) is 10.2 Å². The number of methoxy groups -OCH3 is 1. The van der Waals surface area contributed by atoms with Crippen molar-refractivity contribution in [2.45, 2.75) is 38.6 Å². The Morgan fingerprint density at radius 3 is 2.54 bits per heavy atom. The minimum Gasteiger partial charge on any atom is -0.496 e. The van der Waals surface area contributed by atoms with Crippen molar-refractivity contribution in [3.63, 3.8) is 0 Å². The standard InChI is InChI=1S/C17H29N3O3S/c1-3-11-18-24(21,22)19-14-16(20-12-7-4-8-13-20)15-9-5-6-10-17(15)23-2/h5-6,9-10,16,18-19H,3-4,7-8,11-14H2,1-2H3. The van der Waals surface area contributed by atoms with Crippen LogP contribution in [0.2, 0.25) is 0 Å². The van der Waals surface area contributed by atoms with Crippen molar-refractivity contribution in [3.8, 4) is 5.75 Å². The van der Waals surface area contributed by atoms with Gasteiger partial charge in [-0.2, -0.15) is 8.42 Å². The van der Waals surface area contributed by atoms with Gasteiger partial charge in [-0.05, 0) is 38.4 Å². The highest BCUT2D eigenvalue weighted by Crippen LogP contribution is 2.30. The Balaban J connectivity index is 2.17. The molecule has 0 saturated carbocycles. The number of likely N-dealkylation sites (tertiary alicyclic amines) is 1. The molecule has 1 fully saturated rings. The molecule has 2 N–H and O–H groups in total. The van der Waals surface area contributed by atoms with E-state index in [-0.39, 0.29) is 6.04 Å². The topological polar surface area (TPSA) is 70.7 Å². The number of piperidine rings is 1. The molecule has 24 heavy (non-hydrogen) atoms. The lowest BCUT2D eigenvalue weighted by Gasteiger charge is -2.35. The molecule has 1 aromatic carbocycles. The van der Waals surface area contributed by atoms with Gasteiger partial charge >= 0.3 is 0 Å². The molecule has 1 aromatic rings. The average Bonchev–Trinajstić information content (AvgIpc) is 2.61. The maximum absolute atomic E-state index is 12.1. The molecule has 0 bridgehead atoms. The highest BCUT2D eigenvalue weighted by Gasteiger charge is 2.26. The lowest BCUT2D eigenvalue weighted by Crippen LogP contribution is -2.44. The lowest BCUT2D eigenvalue weighted by molar-refractivity contribution is 0.162. The summed E-state index contributed by atoms with van der Waals surface area (Å²) in [5.41, 5.74) is 1.03. The molecule has 2 rings (SSSR count). The van der Waals surface area contributed by atoms with Crippen molar-refractivity contribution in [3.05, 3.63) is 29.8 Å². The number of hydrogen-bond donors (Lipinski definition) is 2. The van der Waals surface area contributed by atoms with Crippen molar-refractivity contribution in [1.82, 2.24) is 14.3 Å². The van der Waals surface area contributed by atoms with Crippen LogP contribution in [0.5, 0.6) is 5.75 Å². The number of ether oxygens (including phenoxy) is 1. The van der Waals surface area contributed by atoms with E-state index in [1.165, 1.54) is 6.42 Å². The largest absolute Gasteiger partial charge is 0.496 e. The smallest absolute Gasteiger partial charge is 0.276 e. The van der Waals surface area contributed by atoms with E-state index in [0.717, 1.165) is 43.7 Å². The Hall–Kier alpha value is -1.15. The maximum Gasteiger partial charge on any atom is 0.276 e. The highest BCUT2D eigenvalue weighted by molar-refractivity contribution is 7.87. The predicted octanol–water partition coefficient (Wildman–Crippen LogP) is 2.06. The van der Waals surface area contributed by atoms with Crippen LogP contribution < -0.4 is 14.2 Å². The highest BCUT2D eigenvalue weighted by atomic mass is 32.2. The van der Waals surface area contributed by atoms with E-state index in [0.29, 0.717) is 13.1 Å². The van der Waals surface area contributed by atoms with Crippen LogP contribution in [0.15, 0.2) is 24.3 Å². The van der Waals surface area contributed by atoms with Gasteiger partial charge in [-0.1, -0.05) is 31.5 Å². The molecule has 6 nitrogen and oxygen atoms in total. The summed E-state index contributed by atoms with van der Waals surface area (Å²) in [6, 6.07) is 7.82. The zero-order valence-corrected chi connectivity index (χ0v) is 15.4. The van der Waals surface area contributed by atoms with E-state index >= 15 is 0 Å². The Morgan fingerprint density at radius 2 is 1.88 bits per heavy atom. The molecule has 1 saturated heterocycles. The molecule has 1 atom stereocenters. The van der Waals surface area contributed by atoms with Crippen molar-refractivity contribution in [2.24, 2.45) is 0 Å². The van der Waals surface area contributed by atoms with Gasteiger partial charge in [0.25, 0.3) is 10.2 Å². The number of hydrogen-bond acceptors (Lipinski definition) is 4. The number of para-hydroxylation sites is 1. The molecule has 1 unspecified atom stereocenters. The summed E-state index contributed by atoms with van der Waals surface area (Å²) in [5.74, 6) is 0.800. The minimum atomic E-state index is -3.47. The number of benzene rings is 1. The summed E-state index contributed by atoms with van der Waals surface area (Å²) < 4.78 is 34.9. The van der Waals surface area contributed by atoms with Gasteiger partial charge in [0, 0.05) is 18.7 Å². The first-order valence-corrected chi connectivity index (χ1v) is 10.2. The van der Waals surface area contributed by atoms with E-state index in [1.807, 2.05) is 31.2 Å². The zero-order valence-electron chi connectivity index (χ0n) is 14.6. The summed E-state index contributed by atoms with van der Waals surface area (Å²) in [7, 11) is -1.82. The third kappa shape index (κ3) is 5.44. The molecular weight excluding hydrogens is 326 g/mol. The van der Waals surface area contributed by atoms with Crippen molar-refractivity contribution >= 4 is 10.2 Å². The first kappa shape index (κ1) is 19.2. The van der Waals surface area contributed by atoms with Crippen molar-refractivity contribution < 1.29 is 13.2 Å². The molecule has 1 aliphatic heterocycles. The van der Waals surface area contributed by atoms with Gasteiger partial charge in [0.1, 0.15) is 5.75 Å². The third-order valence-electron chi connectivity index (χ3n) is 4.34. The fourth-order valence-corrected chi connectivity index (χ4v) is 4.04. The second kappa shape index (κ2) is 9.36. The van der Waals surface area contributed by atoms with Crippen LogP contribution in [0.25, 0.3) is 0 Å². The first-order chi connectivity index (χ1) is 11.6. The molecule has 0 aliphatic carbocycles. The van der Waals surface area contributed by atoms with Gasteiger partial charge < -0.3 is 4.74 Å². The third-order valence-corrected chi connectivity index (χ3v) is 5.47. The van der Waals surface area contributed by atoms with Crippen molar-refractivity contribution in [2.75, 3.05) is 33.3 Å². The monoisotopic (exact) mass is 355 g/mol. The van der Waals surface area contributed by atoms with Gasteiger partial charge in [0.05, 0.1) is 13.2 Å². The van der Waals surface area contributed by atoms with E-state index < -0.39 is 10.2 Å². The first-order valence-electron chi connectivity index (χ1n) is 8.68. The molecule has 7 heteroatoms. The lowest BCUT2D eigenvalue weighted by atomic mass is 10.0. The number of nitrogens with one attached hydrogen (secondary N) is 2. The average molecular weight is 356 g/mol. The van der Waals surface area contributed by atoms with E-state index in [4.69, 9.17) is 4.74 Å². The van der Waals surface area contributed by atoms with Crippen molar-refractivity contribution in [1.29, 1.82) is 0 Å². The molecule has 1 aliphatic rings. The maximum atomic E-state index is 12.1. The van der Waals surface area contributed by atoms with E-state index in [1.54, 1.807) is 7.11 Å². The number of nitrogens with zero attached hydrogens (tertiary/aromatic N) is 1.